The number of nitrogens with one attached hydrogen (secondary N) is 1. The van der Waals surface area contributed by atoms with Gasteiger partial charge in [-0.25, -0.2) is 0 Å². The van der Waals surface area contributed by atoms with Crippen LogP contribution in [-0.2, 0) is 0 Å². The first-order valence-electron chi connectivity index (χ1n) is 6.24. The van der Waals surface area contributed by atoms with Gasteiger partial charge >= 0.3 is 0 Å². The Morgan fingerprint density at radius 2 is 1.80 bits per heavy atom. The van der Waals surface area contributed by atoms with Crippen LogP contribution in [0.1, 0.15) is 26.7 Å². The lowest BCUT2D eigenvalue weighted by molar-refractivity contribution is 0.0719. The minimum absolute atomic E-state index is 0.340. The van der Waals surface area contributed by atoms with Crippen LogP contribution in [0.25, 0.3) is 0 Å². The molecule has 2 aliphatic rings. The van der Waals surface area contributed by atoms with Crippen LogP contribution in [0.15, 0.2) is 0 Å². The van der Waals surface area contributed by atoms with Gasteiger partial charge in [-0.05, 0) is 40.3 Å². The lowest BCUT2D eigenvalue weighted by Gasteiger charge is -2.44. The summed E-state index contributed by atoms with van der Waals surface area (Å²) < 4.78 is 0. The molecular formula is C12H25N3. The third-order valence-corrected chi connectivity index (χ3v) is 3.88. The largest absolute Gasteiger partial charge is 0.312 e. The third kappa shape index (κ3) is 2.92. The summed E-state index contributed by atoms with van der Waals surface area (Å²) in [5, 5.41) is 3.60. The van der Waals surface area contributed by atoms with Gasteiger partial charge in [-0.3, -0.25) is 4.90 Å². The lowest BCUT2D eigenvalue weighted by Crippen LogP contribution is -2.56. The zero-order valence-corrected chi connectivity index (χ0v) is 10.4. The highest BCUT2D eigenvalue weighted by Gasteiger charge is 2.31. The fourth-order valence-corrected chi connectivity index (χ4v) is 2.84. The number of piperazine rings is 1. The van der Waals surface area contributed by atoms with E-state index in [4.69, 9.17) is 0 Å². The van der Waals surface area contributed by atoms with Gasteiger partial charge in [0.05, 0.1) is 0 Å². The molecule has 1 unspecified atom stereocenters. The predicted octanol–water partition coefficient (Wildman–Crippen LogP) is 0.764. The normalized spacial score (nSPS) is 34.2. The van der Waals surface area contributed by atoms with Crippen molar-refractivity contribution < 1.29 is 0 Å². The molecule has 2 saturated heterocycles. The highest BCUT2D eigenvalue weighted by Crippen LogP contribution is 2.23. The Labute approximate surface area is 93.8 Å². The Balaban J connectivity index is 1.88. The summed E-state index contributed by atoms with van der Waals surface area (Å²) in [5.41, 5.74) is 0.340. The van der Waals surface area contributed by atoms with Crippen LogP contribution in [0.3, 0.4) is 0 Å². The maximum absolute atomic E-state index is 3.60. The summed E-state index contributed by atoms with van der Waals surface area (Å²) in [4.78, 5) is 5.13. The highest BCUT2D eigenvalue weighted by atomic mass is 15.3. The average Bonchev–Trinajstić information content (AvgIpc) is 2.17. The smallest absolute Gasteiger partial charge is 0.0140 e. The number of hydrogen-bond donors (Lipinski definition) is 1. The van der Waals surface area contributed by atoms with Gasteiger partial charge in [0.15, 0.2) is 0 Å². The number of rotatable bonds is 1. The van der Waals surface area contributed by atoms with Gasteiger partial charge in [-0.1, -0.05) is 0 Å². The van der Waals surface area contributed by atoms with E-state index in [0.29, 0.717) is 5.54 Å². The minimum Gasteiger partial charge on any atom is -0.312 e. The van der Waals surface area contributed by atoms with E-state index in [1.165, 1.54) is 45.6 Å². The average molecular weight is 211 g/mol. The van der Waals surface area contributed by atoms with Crippen molar-refractivity contribution >= 4 is 0 Å². The fraction of sp³-hybridized carbons (Fsp3) is 1.00. The van der Waals surface area contributed by atoms with E-state index in [1.54, 1.807) is 0 Å². The van der Waals surface area contributed by atoms with E-state index >= 15 is 0 Å². The maximum atomic E-state index is 3.60. The third-order valence-electron chi connectivity index (χ3n) is 3.88. The summed E-state index contributed by atoms with van der Waals surface area (Å²) in [6.45, 7) is 10.8. The quantitative estimate of drug-likeness (QED) is 0.691. The van der Waals surface area contributed by atoms with Crippen LogP contribution < -0.4 is 5.32 Å². The van der Waals surface area contributed by atoms with Crippen molar-refractivity contribution in [1.29, 1.82) is 0 Å². The first-order chi connectivity index (χ1) is 7.07. The molecule has 0 amide bonds. The van der Waals surface area contributed by atoms with Crippen molar-refractivity contribution in [3.8, 4) is 0 Å². The molecule has 3 nitrogen and oxygen atoms in total. The van der Waals surface area contributed by atoms with Gasteiger partial charge < -0.3 is 10.2 Å². The molecule has 1 atom stereocenters. The maximum Gasteiger partial charge on any atom is 0.0140 e. The number of hydrogen-bond acceptors (Lipinski definition) is 3. The predicted molar refractivity (Wildman–Crippen MR) is 64.2 cm³/mol. The second-order valence-corrected chi connectivity index (χ2v) is 5.80. The summed E-state index contributed by atoms with van der Waals surface area (Å²) in [6.07, 6.45) is 2.63. The zero-order chi connectivity index (χ0) is 10.9. The molecule has 0 aliphatic carbocycles. The molecule has 0 bridgehead atoms. The van der Waals surface area contributed by atoms with Gasteiger partial charge in [0, 0.05) is 37.8 Å². The number of likely N-dealkylation sites (N-methyl/N-ethyl adjacent to an activating group) is 1. The molecule has 1 N–H and O–H groups in total. The van der Waals surface area contributed by atoms with Crippen molar-refractivity contribution in [2.24, 2.45) is 0 Å². The molecule has 0 saturated carbocycles. The molecule has 0 spiro atoms. The molecular weight excluding hydrogens is 186 g/mol. The molecule has 0 radical (unpaired) electrons. The van der Waals surface area contributed by atoms with E-state index in [2.05, 4.69) is 36.0 Å². The monoisotopic (exact) mass is 211 g/mol. The standard InChI is InChI=1S/C12H25N3/c1-12(2)10-11(4-5-13-12)15-8-6-14(3)7-9-15/h11,13H,4-10H2,1-3H3. The second-order valence-electron chi connectivity index (χ2n) is 5.80. The summed E-state index contributed by atoms with van der Waals surface area (Å²) >= 11 is 0. The van der Waals surface area contributed by atoms with Gasteiger partial charge in [0.2, 0.25) is 0 Å². The van der Waals surface area contributed by atoms with E-state index in [-0.39, 0.29) is 0 Å². The zero-order valence-electron chi connectivity index (χ0n) is 10.4. The summed E-state index contributed by atoms with van der Waals surface area (Å²) in [6, 6.07) is 0.815. The Bertz CT molecular complexity index is 207. The SMILES string of the molecule is CN1CCN(C2CCNC(C)(C)C2)CC1. The van der Waals surface area contributed by atoms with Crippen LogP contribution in [0, 0.1) is 0 Å². The molecule has 2 rings (SSSR count). The van der Waals surface area contributed by atoms with Crippen molar-refractivity contribution in [2.75, 3.05) is 39.8 Å². The Morgan fingerprint density at radius 1 is 1.13 bits per heavy atom. The van der Waals surface area contributed by atoms with E-state index in [1.807, 2.05) is 0 Å². The van der Waals surface area contributed by atoms with Crippen molar-refractivity contribution in [3.63, 3.8) is 0 Å². The first-order valence-corrected chi connectivity index (χ1v) is 6.24. The van der Waals surface area contributed by atoms with E-state index in [0.717, 1.165) is 6.04 Å². The van der Waals surface area contributed by atoms with Crippen LogP contribution in [0.2, 0.25) is 0 Å². The minimum atomic E-state index is 0.340. The van der Waals surface area contributed by atoms with Crippen LogP contribution in [0.4, 0.5) is 0 Å². The molecule has 15 heavy (non-hydrogen) atoms. The number of piperidine rings is 1. The summed E-state index contributed by atoms with van der Waals surface area (Å²) in [5.74, 6) is 0. The topological polar surface area (TPSA) is 18.5 Å². The highest BCUT2D eigenvalue weighted by molar-refractivity contribution is 4.91. The van der Waals surface area contributed by atoms with Gasteiger partial charge in [-0.15, -0.1) is 0 Å². The van der Waals surface area contributed by atoms with Gasteiger partial charge in [0.1, 0.15) is 0 Å². The molecule has 0 aromatic heterocycles. The Kier molecular flexibility index (Phi) is 3.33. The molecule has 2 heterocycles. The van der Waals surface area contributed by atoms with Gasteiger partial charge in [0.25, 0.3) is 0 Å². The number of nitrogens with zero attached hydrogens (tertiary/aromatic N) is 2. The molecule has 2 aliphatic heterocycles. The van der Waals surface area contributed by atoms with Crippen molar-refractivity contribution in [1.82, 2.24) is 15.1 Å². The van der Waals surface area contributed by atoms with Crippen molar-refractivity contribution in [3.05, 3.63) is 0 Å². The molecule has 0 aromatic carbocycles. The Morgan fingerprint density at radius 3 is 2.40 bits per heavy atom. The van der Waals surface area contributed by atoms with Crippen LogP contribution in [-0.4, -0.2) is 61.2 Å². The lowest BCUT2D eigenvalue weighted by atomic mass is 9.88. The molecule has 0 aromatic rings. The van der Waals surface area contributed by atoms with Crippen LogP contribution in [0.5, 0.6) is 0 Å². The first kappa shape index (κ1) is 11.4. The molecule has 2 fully saturated rings. The fourth-order valence-electron chi connectivity index (χ4n) is 2.84. The van der Waals surface area contributed by atoms with Gasteiger partial charge in [-0.2, -0.15) is 0 Å². The Hall–Kier alpha value is -0.120. The molecule has 3 heteroatoms. The molecule has 88 valence electrons. The second kappa shape index (κ2) is 4.40. The van der Waals surface area contributed by atoms with Crippen LogP contribution >= 0.6 is 0 Å². The van der Waals surface area contributed by atoms with Crippen molar-refractivity contribution in [2.45, 2.75) is 38.3 Å². The van der Waals surface area contributed by atoms with E-state index < -0.39 is 0 Å². The summed E-state index contributed by atoms with van der Waals surface area (Å²) in [7, 11) is 2.23. The van der Waals surface area contributed by atoms with E-state index in [9.17, 15) is 0 Å².